The Kier molecular flexibility index (Phi) is 6.37. The Hall–Kier alpha value is -1.01. The van der Waals surface area contributed by atoms with E-state index in [1.54, 1.807) is 19.2 Å². The van der Waals surface area contributed by atoms with E-state index in [1.165, 1.54) is 0 Å². The third kappa shape index (κ3) is 3.73. The fraction of sp³-hybridized carbons (Fsp3) is 0.538. The molecule has 0 unspecified atom stereocenters. The molecule has 6 heteroatoms. The maximum Gasteiger partial charge on any atom is 0.124 e. The predicted octanol–water partition coefficient (Wildman–Crippen LogP) is 0.761. The van der Waals surface area contributed by atoms with Gasteiger partial charge in [-0.05, 0) is 12.1 Å². The summed E-state index contributed by atoms with van der Waals surface area (Å²) in [5.74, 6) is 0.792. The number of methoxy groups -OCH3 is 1. The third-order valence-electron chi connectivity index (χ3n) is 3.36. The second-order valence-electron chi connectivity index (χ2n) is 4.41. The first-order valence-corrected chi connectivity index (χ1v) is 6.18. The number of halogens is 1. The first-order chi connectivity index (χ1) is 8.76. The summed E-state index contributed by atoms with van der Waals surface area (Å²) in [7, 11) is 1.56. The van der Waals surface area contributed by atoms with E-state index in [0.717, 1.165) is 31.7 Å². The molecule has 0 bridgehead atoms. The topological polar surface area (TPSA) is 65.0 Å². The zero-order valence-corrected chi connectivity index (χ0v) is 11.8. The van der Waals surface area contributed by atoms with Crippen molar-refractivity contribution in [2.24, 2.45) is 0 Å². The smallest absolute Gasteiger partial charge is 0.124 e. The quantitative estimate of drug-likeness (QED) is 0.763. The van der Waals surface area contributed by atoms with Crippen molar-refractivity contribution >= 4 is 12.4 Å². The molecule has 0 radical (unpaired) electrons. The normalized spacial score (nSPS) is 17.6. The van der Waals surface area contributed by atoms with Crippen LogP contribution in [0.2, 0.25) is 0 Å². The van der Waals surface area contributed by atoms with Crippen LogP contribution in [-0.4, -0.2) is 55.0 Å². The van der Waals surface area contributed by atoms with Gasteiger partial charge in [0.15, 0.2) is 0 Å². The van der Waals surface area contributed by atoms with Gasteiger partial charge in [-0.25, -0.2) is 0 Å². The lowest BCUT2D eigenvalue weighted by Gasteiger charge is -2.34. The highest BCUT2D eigenvalue weighted by Gasteiger charge is 2.23. The summed E-state index contributed by atoms with van der Waals surface area (Å²) < 4.78 is 5.06. The summed E-state index contributed by atoms with van der Waals surface area (Å²) in [6.45, 7) is 3.56. The van der Waals surface area contributed by atoms with E-state index < -0.39 is 0 Å². The third-order valence-corrected chi connectivity index (χ3v) is 3.36. The fourth-order valence-electron chi connectivity index (χ4n) is 2.34. The van der Waals surface area contributed by atoms with E-state index in [4.69, 9.17) is 4.74 Å². The summed E-state index contributed by atoms with van der Waals surface area (Å²) in [5.41, 5.74) is 0.750. The molecule has 0 amide bonds. The largest absolute Gasteiger partial charge is 0.507 e. The van der Waals surface area contributed by atoms with Crippen molar-refractivity contribution in [2.75, 3.05) is 39.9 Å². The Labute approximate surface area is 119 Å². The van der Waals surface area contributed by atoms with Gasteiger partial charge in [0.05, 0.1) is 19.8 Å². The van der Waals surface area contributed by atoms with E-state index in [0.29, 0.717) is 5.75 Å². The Morgan fingerprint density at radius 1 is 1.37 bits per heavy atom. The van der Waals surface area contributed by atoms with Crippen LogP contribution in [0.1, 0.15) is 11.6 Å². The van der Waals surface area contributed by atoms with Crippen molar-refractivity contribution in [3.8, 4) is 11.5 Å². The van der Waals surface area contributed by atoms with Crippen LogP contribution in [-0.2, 0) is 0 Å². The Morgan fingerprint density at radius 3 is 2.58 bits per heavy atom. The molecule has 3 N–H and O–H groups in total. The zero-order valence-electron chi connectivity index (χ0n) is 11.0. The first kappa shape index (κ1) is 16.0. The molecule has 1 heterocycles. The van der Waals surface area contributed by atoms with Crippen molar-refractivity contribution < 1.29 is 14.9 Å². The lowest BCUT2D eigenvalue weighted by Crippen LogP contribution is -2.46. The predicted molar refractivity (Wildman–Crippen MR) is 76.2 cm³/mol. The van der Waals surface area contributed by atoms with Crippen molar-refractivity contribution in [3.05, 3.63) is 23.8 Å². The Balaban J connectivity index is 0.00000180. The number of phenolic OH excluding ortho intramolecular Hbond substituents is 1. The van der Waals surface area contributed by atoms with E-state index >= 15 is 0 Å². The van der Waals surface area contributed by atoms with Gasteiger partial charge < -0.3 is 20.3 Å². The number of aromatic hydroxyl groups is 1. The monoisotopic (exact) mass is 288 g/mol. The standard InChI is InChI=1S/C13H20N2O3.ClH/c1-18-10-2-3-11(13(17)8-10)12(9-16)15-6-4-14-5-7-15;/h2-3,8,12,14,16-17H,4-7,9H2,1H3;1H/t12-;/m0./s1. The Bertz CT molecular complexity index is 397. The maximum absolute atomic E-state index is 10.0. The zero-order chi connectivity index (χ0) is 13.0. The molecule has 1 atom stereocenters. The minimum Gasteiger partial charge on any atom is -0.507 e. The van der Waals surface area contributed by atoms with Crippen molar-refractivity contribution in [1.82, 2.24) is 10.2 Å². The number of ether oxygens (including phenoxy) is 1. The van der Waals surface area contributed by atoms with E-state index in [9.17, 15) is 10.2 Å². The van der Waals surface area contributed by atoms with Crippen LogP contribution >= 0.6 is 12.4 Å². The lowest BCUT2D eigenvalue weighted by atomic mass is 10.0. The SMILES string of the molecule is COc1ccc([C@H](CO)N2CCNCC2)c(O)c1.Cl. The molecule has 1 aromatic carbocycles. The molecular weight excluding hydrogens is 268 g/mol. The molecule has 1 aromatic rings. The average molecular weight is 289 g/mol. The molecule has 1 fully saturated rings. The van der Waals surface area contributed by atoms with Crippen LogP contribution in [0, 0.1) is 0 Å². The number of piperazine rings is 1. The number of hydrogen-bond acceptors (Lipinski definition) is 5. The maximum atomic E-state index is 10.0. The summed E-state index contributed by atoms with van der Waals surface area (Å²) >= 11 is 0. The highest BCUT2D eigenvalue weighted by molar-refractivity contribution is 5.85. The number of benzene rings is 1. The van der Waals surface area contributed by atoms with E-state index in [-0.39, 0.29) is 30.8 Å². The summed E-state index contributed by atoms with van der Waals surface area (Å²) in [6, 6.07) is 5.05. The lowest BCUT2D eigenvalue weighted by molar-refractivity contribution is 0.109. The van der Waals surface area contributed by atoms with Crippen molar-refractivity contribution in [3.63, 3.8) is 0 Å². The molecule has 0 aromatic heterocycles. The highest BCUT2D eigenvalue weighted by Crippen LogP contribution is 2.31. The van der Waals surface area contributed by atoms with Crippen LogP contribution in [0.3, 0.4) is 0 Å². The minimum atomic E-state index is -0.155. The number of nitrogens with zero attached hydrogens (tertiary/aromatic N) is 1. The van der Waals surface area contributed by atoms with Crippen molar-refractivity contribution in [2.45, 2.75) is 6.04 Å². The van der Waals surface area contributed by atoms with Gasteiger partial charge in [-0.3, -0.25) is 4.90 Å². The Morgan fingerprint density at radius 2 is 2.05 bits per heavy atom. The molecule has 1 saturated heterocycles. The minimum absolute atomic E-state index is 0. The van der Waals surface area contributed by atoms with Crippen LogP contribution in [0.15, 0.2) is 18.2 Å². The van der Waals surface area contributed by atoms with Crippen LogP contribution in [0.5, 0.6) is 11.5 Å². The number of rotatable bonds is 4. The molecule has 2 rings (SSSR count). The molecule has 0 saturated carbocycles. The van der Waals surface area contributed by atoms with Gasteiger partial charge >= 0.3 is 0 Å². The molecular formula is C13H21ClN2O3. The van der Waals surface area contributed by atoms with Crippen molar-refractivity contribution in [1.29, 1.82) is 0 Å². The first-order valence-electron chi connectivity index (χ1n) is 6.18. The van der Waals surface area contributed by atoms with Gasteiger partial charge in [-0.1, -0.05) is 0 Å². The van der Waals surface area contributed by atoms with Gasteiger partial charge in [-0.2, -0.15) is 0 Å². The van der Waals surface area contributed by atoms with Crippen LogP contribution < -0.4 is 10.1 Å². The number of hydrogen-bond donors (Lipinski definition) is 3. The number of phenols is 1. The van der Waals surface area contributed by atoms with Gasteiger partial charge in [-0.15, -0.1) is 12.4 Å². The molecule has 1 aliphatic heterocycles. The number of aliphatic hydroxyl groups excluding tert-OH is 1. The summed E-state index contributed by atoms with van der Waals surface area (Å²) in [4.78, 5) is 2.18. The van der Waals surface area contributed by atoms with Crippen LogP contribution in [0.4, 0.5) is 0 Å². The van der Waals surface area contributed by atoms with E-state index in [2.05, 4.69) is 10.2 Å². The molecule has 0 spiro atoms. The number of aliphatic hydroxyl groups is 1. The molecule has 0 aliphatic carbocycles. The molecule has 108 valence electrons. The molecule has 1 aliphatic rings. The van der Waals surface area contributed by atoms with E-state index in [1.807, 2.05) is 6.07 Å². The molecule has 19 heavy (non-hydrogen) atoms. The molecule has 5 nitrogen and oxygen atoms in total. The second-order valence-corrected chi connectivity index (χ2v) is 4.41. The number of nitrogens with one attached hydrogen (secondary N) is 1. The van der Waals surface area contributed by atoms with Gasteiger partial charge in [0, 0.05) is 37.8 Å². The average Bonchev–Trinajstić information content (AvgIpc) is 2.42. The second kappa shape index (κ2) is 7.55. The fourth-order valence-corrected chi connectivity index (χ4v) is 2.34. The van der Waals surface area contributed by atoms with Gasteiger partial charge in [0.2, 0.25) is 0 Å². The summed E-state index contributed by atoms with van der Waals surface area (Å²) in [6.07, 6.45) is 0. The van der Waals surface area contributed by atoms with Gasteiger partial charge in [0.1, 0.15) is 11.5 Å². The summed E-state index contributed by atoms with van der Waals surface area (Å²) in [5, 5.41) is 22.9. The van der Waals surface area contributed by atoms with Gasteiger partial charge in [0.25, 0.3) is 0 Å². The van der Waals surface area contributed by atoms with Crippen LogP contribution in [0.25, 0.3) is 0 Å². The highest BCUT2D eigenvalue weighted by atomic mass is 35.5.